The zero-order valence-corrected chi connectivity index (χ0v) is 57.2. The van der Waals surface area contributed by atoms with E-state index in [1.807, 2.05) is 31.4 Å². The van der Waals surface area contributed by atoms with Crippen molar-refractivity contribution >= 4 is 107 Å². The summed E-state index contributed by atoms with van der Waals surface area (Å²) < 4.78 is 161. The number of phosphoric ester groups is 1. The minimum atomic E-state index is -5.80. The zero-order valence-electron chi connectivity index (χ0n) is 51.3. The third-order valence-corrected chi connectivity index (χ3v) is 22.1. The van der Waals surface area contributed by atoms with Gasteiger partial charge in [-0.1, -0.05) is 41.8 Å². The van der Waals surface area contributed by atoms with Gasteiger partial charge in [-0.05, 0) is 96.8 Å². The number of nitrogens with zero attached hydrogens (tertiary/aromatic N) is 5. The van der Waals surface area contributed by atoms with Gasteiger partial charge in [0.2, 0.25) is 17.5 Å². The van der Waals surface area contributed by atoms with Crippen molar-refractivity contribution in [3.8, 4) is 0 Å². The average molecular weight is 1470 g/mol. The van der Waals surface area contributed by atoms with Crippen LogP contribution in [0, 0.1) is 5.41 Å². The number of carbonyl (C=O) groups excluding carboxylic acids is 2. The van der Waals surface area contributed by atoms with E-state index in [2.05, 4.69) is 38.1 Å². The molecule has 0 bridgehead atoms. The molecule has 7 atom stereocenters. The number of hydrogen-bond acceptors (Lipinski definition) is 25. The van der Waals surface area contributed by atoms with Crippen LogP contribution in [0.1, 0.15) is 128 Å². The Hall–Kier alpha value is -4.77. The molecule has 4 heterocycles. The molecule has 3 aliphatic heterocycles. The molecule has 4 unspecified atom stereocenters. The lowest BCUT2D eigenvalue weighted by molar-refractivity contribution is -0.438. The minimum absolute atomic E-state index is 0.0265. The number of amides is 2. The van der Waals surface area contributed by atoms with Gasteiger partial charge in [-0.3, -0.25) is 37.3 Å². The van der Waals surface area contributed by atoms with Crippen LogP contribution in [0.15, 0.2) is 81.3 Å². The summed E-state index contributed by atoms with van der Waals surface area (Å²) >= 11 is 0.879. The highest BCUT2D eigenvalue weighted by Gasteiger charge is 2.49. The number of phosphoric acid groups is 3. The van der Waals surface area contributed by atoms with E-state index >= 15 is 0 Å². The molecule has 3 aliphatic rings. The van der Waals surface area contributed by atoms with Gasteiger partial charge < -0.3 is 45.8 Å². The first-order valence-electron chi connectivity index (χ1n) is 29.1. The van der Waals surface area contributed by atoms with Crippen LogP contribution in [-0.4, -0.2) is 173 Å². The summed E-state index contributed by atoms with van der Waals surface area (Å²) in [7, 11) is -30.3. The Morgan fingerprint density at radius 3 is 2.14 bits per heavy atom. The van der Waals surface area contributed by atoms with E-state index in [0.717, 1.165) is 22.3 Å². The van der Waals surface area contributed by atoms with Gasteiger partial charge in [0, 0.05) is 109 Å². The summed E-state index contributed by atoms with van der Waals surface area (Å²) in [6.07, 6.45) is 13.5. The van der Waals surface area contributed by atoms with E-state index in [1.54, 1.807) is 35.4 Å². The Morgan fingerprint density at radius 1 is 0.851 bits per heavy atom. The minimum Gasteiger partial charge on any atom is -0.390 e. The predicted octanol–water partition coefficient (Wildman–Crippen LogP) is 4.98. The molecule has 0 spiro atoms. The number of carbonyl (C=O) groups is 2. The lowest BCUT2D eigenvalue weighted by atomic mass is 9.76. The number of hydrogen-bond donors (Lipinski definition) is 12. The Bertz CT molecular complexity index is 3770. The molecule has 0 aliphatic carbocycles. The van der Waals surface area contributed by atoms with E-state index in [4.69, 9.17) is 30.6 Å². The van der Waals surface area contributed by atoms with Gasteiger partial charge in [-0.15, -0.1) is 4.33 Å². The largest absolute Gasteiger partial charge is 0.490 e. The second-order valence-corrected chi connectivity index (χ2v) is 32.1. The summed E-state index contributed by atoms with van der Waals surface area (Å²) in [6, 6.07) is 4.16. The SMILES string of the molecule is CC1=NN(CCCSOOO)\C(=C/C=C/C=C/C2=[N+](CCCCCC(=O)NCCCCCC(=O)NC/C=C/c3cn([C@H]4C[C@@H](O)[C@@H](COP(=O)(O)OP(=O)(O)OP(=O)(O)O)O4)c(=O)nc3N)c3ccc(S(=O)(=O)O)cc3C2(C)CCCS(=O)(=O)O)C1(C)CCCS(=O)(=O)O. The molecule has 13 N–H and O–H groups in total. The number of aliphatic hydroxyl groups excluding tert-OH is 1. The first-order chi connectivity index (χ1) is 43.8. The molecular formula is C52H80N8O27P3S4+. The summed E-state index contributed by atoms with van der Waals surface area (Å²) in [5, 5.41) is 34.8. The molecule has 1 saturated heterocycles. The highest BCUT2D eigenvalue weighted by atomic mass is 32.2. The standard InChI is InChI=1S/C52H79N8O27P3S4/c1-37-51(2,24-14-31-92(73,74)75)45(60(57-37)29-16-30-91-85-84-65)19-8-4-7-18-44-52(3,25-15-32-93(76,77)78)40-33-39(94(79,80)81)22-23-41(40)58(44)28-12-6-10-21-46(62)54-26-11-5-9-20-47(63)55-27-13-17-38-35-59(50(64)56-49(38)53)48-34-42(61)43(83-48)36-82-89(69,70)87-90(71,72)86-88(66,67)68/h4,7-8,13,17-19,22-23,33,35,42-43,48,61H,5-6,9-12,14-16,20-21,24-32,34,36H2,1-3H3,(H11-,53,54,55,56,62,63,64,65,66,67,68,69,70,71,72,73,74,75,76,77,78,79,80,81)/p+1/b17-13+/t42-,43-,48-,51?,52?/m1/s1. The fourth-order valence-corrected chi connectivity index (χ4v) is 15.5. The van der Waals surface area contributed by atoms with E-state index < -0.39 is 107 Å². The maximum Gasteiger partial charge on any atom is 0.490 e. The van der Waals surface area contributed by atoms with Crippen molar-refractivity contribution in [2.24, 2.45) is 10.5 Å². The molecule has 2 aromatic rings. The van der Waals surface area contributed by atoms with Crippen LogP contribution >= 0.6 is 35.5 Å². The van der Waals surface area contributed by atoms with Crippen LogP contribution in [0.5, 0.6) is 0 Å². The van der Waals surface area contributed by atoms with Gasteiger partial charge in [0.25, 0.3) is 30.4 Å². The molecule has 5 rings (SSSR count). The third-order valence-electron chi connectivity index (χ3n) is 15.2. The van der Waals surface area contributed by atoms with Gasteiger partial charge in [-0.2, -0.15) is 48.5 Å². The van der Waals surface area contributed by atoms with Crippen molar-refractivity contribution in [2.75, 3.05) is 55.8 Å². The molecule has 1 aromatic heterocycles. The van der Waals surface area contributed by atoms with E-state index in [-0.39, 0.29) is 73.2 Å². The Balaban J connectivity index is 1.13. The van der Waals surface area contributed by atoms with Gasteiger partial charge in [0.05, 0.1) is 34.5 Å². The number of hydrazone groups is 1. The number of nitrogens with one attached hydrogen (secondary N) is 2. The first-order valence-corrected chi connectivity index (χ1v) is 39.2. The van der Waals surface area contributed by atoms with Crippen molar-refractivity contribution in [1.29, 1.82) is 0 Å². The highest BCUT2D eigenvalue weighted by Crippen LogP contribution is 2.66. The number of fused-ring (bicyclic) bond motifs is 1. The van der Waals surface area contributed by atoms with Crippen LogP contribution in [0.2, 0.25) is 0 Å². The van der Waals surface area contributed by atoms with Crippen LogP contribution in [-0.2, 0) is 86.3 Å². The molecule has 2 amide bonds. The number of unbranched alkanes of at least 4 members (excludes halogenated alkanes) is 4. The quantitative estimate of drug-likeness (QED) is 0.00610. The van der Waals surface area contributed by atoms with Crippen LogP contribution in [0.25, 0.3) is 6.08 Å². The lowest BCUT2D eigenvalue weighted by Gasteiger charge is -2.29. The van der Waals surface area contributed by atoms with Crippen molar-refractivity contribution in [3.63, 3.8) is 0 Å². The number of ether oxygens (including phenoxy) is 1. The van der Waals surface area contributed by atoms with Gasteiger partial charge in [-0.25, -0.2) is 23.7 Å². The van der Waals surface area contributed by atoms with Gasteiger partial charge in [0.15, 0.2) is 5.71 Å². The number of aromatic nitrogens is 2. The number of anilines is 1. The number of rotatable bonds is 41. The smallest absolute Gasteiger partial charge is 0.390 e. The molecule has 1 aromatic carbocycles. The number of benzene rings is 1. The molecule has 528 valence electrons. The molecule has 0 saturated carbocycles. The topological polar surface area (TPSA) is 529 Å². The van der Waals surface area contributed by atoms with Crippen LogP contribution in [0.4, 0.5) is 11.5 Å². The van der Waals surface area contributed by atoms with Crippen LogP contribution in [0.3, 0.4) is 0 Å². The number of nitrogens with two attached hydrogens (primary N) is 1. The van der Waals surface area contributed by atoms with Gasteiger partial charge >= 0.3 is 29.2 Å². The van der Waals surface area contributed by atoms with Gasteiger partial charge in [0.1, 0.15) is 24.7 Å². The summed E-state index contributed by atoms with van der Waals surface area (Å²) in [4.78, 5) is 78.1. The van der Waals surface area contributed by atoms with E-state index in [1.165, 1.54) is 30.5 Å². The Labute approximate surface area is 547 Å². The zero-order chi connectivity index (χ0) is 69.9. The predicted molar refractivity (Wildman–Crippen MR) is 340 cm³/mol. The molecule has 35 nitrogen and oxygen atoms in total. The second-order valence-electron chi connectivity index (χ2n) is 22.3. The van der Waals surface area contributed by atoms with Crippen molar-refractivity contribution < 1.29 is 124 Å². The van der Waals surface area contributed by atoms with Crippen molar-refractivity contribution in [3.05, 3.63) is 88.2 Å². The maximum absolute atomic E-state index is 12.9. The fraction of sp³-hybridized carbons (Fsp3) is 0.577. The lowest BCUT2D eigenvalue weighted by Crippen LogP contribution is -2.32. The van der Waals surface area contributed by atoms with Crippen LogP contribution < -0.4 is 22.1 Å². The molecule has 42 heteroatoms. The second kappa shape index (κ2) is 35.1. The molecule has 1 fully saturated rings. The summed E-state index contributed by atoms with van der Waals surface area (Å²) in [5.41, 5.74) is 6.60. The number of aliphatic hydroxyl groups is 1. The Morgan fingerprint density at radius 2 is 1.50 bits per heavy atom. The van der Waals surface area contributed by atoms with Crippen molar-refractivity contribution in [1.82, 2.24) is 25.2 Å². The highest BCUT2D eigenvalue weighted by molar-refractivity contribution is 7.94. The monoisotopic (exact) mass is 1470 g/mol. The third kappa shape index (κ3) is 25.6. The normalized spacial score (nSPS) is 22.2. The molecular weight excluding hydrogens is 1390 g/mol. The fourth-order valence-electron chi connectivity index (χ4n) is 10.6. The number of nitrogen functional groups attached to an aromatic ring is 1. The molecule has 0 radical (unpaired) electrons. The number of allylic oxidation sites excluding steroid dienone is 6. The van der Waals surface area contributed by atoms with E-state index in [9.17, 15) is 81.9 Å². The summed E-state index contributed by atoms with van der Waals surface area (Å²) in [5.74, 6) is -1.27. The summed E-state index contributed by atoms with van der Waals surface area (Å²) in [6.45, 7) is 5.74. The Kier molecular flexibility index (Phi) is 29.9. The maximum atomic E-state index is 12.9. The first kappa shape index (κ1) is 79.9. The molecule has 94 heavy (non-hydrogen) atoms. The van der Waals surface area contributed by atoms with Crippen molar-refractivity contribution in [2.45, 2.75) is 139 Å². The average Bonchev–Trinajstić information content (AvgIpc) is 1.58. The van der Waals surface area contributed by atoms with E-state index in [0.29, 0.717) is 99.4 Å².